The molecule has 0 saturated carbocycles. The monoisotopic (exact) mass is 270 g/mol. The number of hydrogen-bond acceptors (Lipinski definition) is 5. The fourth-order valence-corrected chi connectivity index (χ4v) is 2.62. The molecule has 0 amide bonds. The van der Waals surface area contributed by atoms with Crippen molar-refractivity contribution in [3.63, 3.8) is 0 Å². The molecule has 0 radical (unpaired) electrons. The summed E-state index contributed by atoms with van der Waals surface area (Å²) in [6.07, 6.45) is 7.07. The van der Waals surface area contributed by atoms with Crippen LogP contribution in [0.2, 0.25) is 0 Å². The molecule has 1 saturated heterocycles. The topological polar surface area (TPSA) is 72.2 Å². The molecule has 0 spiro atoms. The van der Waals surface area contributed by atoms with Crippen molar-refractivity contribution < 1.29 is 4.92 Å². The van der Waals surface area contributed by atoms with E-state index in [1.54, 1.807) is 12.3 Å². The maximum absolute atomic E-state index is 10.7. The molecule has 0 unspecified atom stereocenters. The van der Waals surface area contributed by atoms with Gasteiger partial charge in [-0.3, -0.25) is 15.1 Å². The zero-order valence-corrected chi connectivity index (χ0v) is 10.8. The normalized spacial score (nSPS) is 18.2. The van der Waals surface area contributed by atoms with Crippen LogP contribution in [0.5, 0.6) is 0 Å². The summed E-state index contributed by atoms with van der Waals surface area (Å²) >= 11 is 0. The van der Waals surface area contributed by atoms with E-state index in [0.29, 0.717) is 0 Å². The summed E-state index contributed by atoms with van der Waals surface area (Å²) in [5.41, 5.74) is 1.18. The average Bonchev–Trinajstić information content (AvgIpc) is 2.97. The molecule has 1 aliphatic rings. The lowest BCUT2D eigenvalue weighted by Gasteiger charge is -2.25. The van der Waals surface area contributed by atoms with Gasteiger partial charge in [0.15, 0.2) is 0 Å². The van der Waals surface area contributed by atoms with E-state index >= 15 is 0 Å². The van der Waals surface area contributed by atoms with Gasteiger partial charge in [-0.15, -0.1) is 0 Å². The van der Waals surface area contributed by atoms with Gasteiger partial charge in [-0.1, -0.05) is 6.07 Å². The van der Waals surface area contributed by atoms with Gasteiger partial charge in [-0.05, 0) is 30.5 Å². The van der Waals surface area contributed by atoms with Gasteiger partial charge in [0.1, 0.15) is 12.0 Å². The molecule has 0 bridgehead atoms. The van der Waals surface area contributed by atoms with E-state index < -0.39 is 4.92 Å². The first kappa shape index (κ1) is 12.5. The highest BCUT2D eigenvalue weighted by molar-refractivity contribution is 5.46. The van der Waals surface area contributed by atoms with E-state index in [-0.39, 0.29) is 11.7 Å². The van der Waals surface area contributed by atoms with Crippen molar-refractivity contribution in [2.75, 3.05) is 11.4 Å². The van der Waals surface area contributed by atoms with Crippen LogP contribution >= 0.6 is 0 Å². The molecule has 3 heterocycles. The number of pyridine rings is 2. The standard InChI is InChI=1S/C14H14N4O2/c19-18(20)12-5-6-14(16-10-12)17-8-2-4-13(17)11-3-1-7-15-9-11/h1,3,5-7,9-10,13H,2,4,8H2/t13-/m1/s1. The fraction of sp³-hybridized carbons (Fsp3) is 0.286. The molecule has 6 heteroatoms. The minimum atomic E-state index is -0.431. The van der Waals surface area contributed by atoms with Crippen molar-refractivity contribution in [2.24, 2.45) is 0 Å². The van der Waals surface area contributed by atoms with Gasteiger partial charge in [-0.2, -0.15) is 0 Å². The molecule has 1 aliphatic heterocycles. The molecule has 3 rings (SSSR count). The average molecular weight is 270 g/mol. The molecule has 1 atom stereocenters. The minimum absolute atomic E-state index is 0.0193. The van der Waals surface area contributed by atoms with Crippen LogP contribution in [-0.2, 0) is 0 Å². The summed E-state index contributed by atoms with van der Waals surface area (Å²) in [5.74, 6) is 0.780. The summed E-state index contributed by atoms with van der Waals surface area (Å²) < 4.78 is 0. The highest BCUT2D eigenvalue weighted by Gasteiger charge is 2.27. The molecule has 0 aliphatic carbocycles. The number of nitrogens with zero attached hydrogens (tertiary/aromatic N) is 4. The van der Waals surface area contributed by atoms with Crippen molar-refractivity contribution >= 4 is 11.5 Å². The van der Waals surface area contributed by atoms with Crippen LogP contribution in [-0.4, -0.2) is 21.4 Å². The predicted molar refractivity (Wildman–Crippen MR) is 74.4 cm³/mol. The third-order valence-electron chi connectivity index (χ3n) is 3.56. The summed E-state index contributed by atoms with van der Waals surface area (Å²) in [4.78, 5) is 20.8. The van der Waals surface area contributed by atoms with Gasteiger partial charge in [0.2, 0.25) is 0 Å². The predicted octanol–water partition coefficient (Wildman–Crippen LogP) is 2.73. The Balaban J connectivity index is 1.87. The Bertz CT molecular complexity index is 600. The summed E-state index contributed by atoms with van der Waals surface area (Å²) in [7, 11) is 0. The molecule has 2 aromatic rings. The molecule has 102 valence electrons. The van der Waals surface area contributed by atoms with E-state index in [9.17, 15) is 10.1 Å². The third-order valence-corrected chi connectivity index (χ3v) is 3.56. The Morgan fingerprint density at radius 2 is 2.20 bits per heavy atom. The minimum Gasteiger partial charge on any atom is -0.350 e. The van der Waals surface area contributed by atoms with E-state index in [4.69, 9.17) is 0 Å². The van der Waals surface area contributed by atoms with Gasteiger partial charge in [0.25, 0.3) is 5.69 Å². The van der Waals surface area contributed by atoms with Crippen LogP contribution < -0.4 is 4.90 Å². The summed E-state index contributed by atoms with van der Waals surface area (Å²) in [6, 6.07) is 7.45. The second-order valence-electron chi connectivity index (χ2n) is 4.77. The fourth-order valence-electron chi connectivity index (χ4n) is 2.62. The van der Waals surface area contributed by atoms with Crippen LogP contribution in [0.1, 0.15) is 24.4 Å². The first-order valence-corrected chi connectivity index (χ1v) is 6.53. The summed E-state index contributed by atoms with van der Waals surface area (Å²) in [5, 5.41) is 10.7. The van der Waals surface area contributed by atoms with Gasteiger partial charge < -0.3 is 4.90 Å². The van der Waals surface area contributed by atoms with Crippen LogP contribution in [0.3, 0.4) is 0 Å². The number of aromatic nitrogens is 2. The Hall–Kier alpha value is -2.50. The van der Waals surface area contributed by atoms with Crippen molar-refractivity contribution in [1.29, 1.82) is 0 Å². The zero-order valence-electron chi connectivity index (χ0n) is 10.8. The molecule has 1 fully saturated rings. The molecule has 0 N–H and O–H groups in total. The number of rotatable bonds is 3. The Morgan fingerprint density at radius 1 is 1.30 bits per heavy atom. The second kappa shape index (κ2) is 5.24. The van der Waals surface area contributed by atoms with Crippen molar-refractivity contribution in [3.8, 4) is 0 Å². The van der Waals surface area contributed by atoms with Gasteiger partial charge in [0.05, 0.1) is 11.0 Å². The Kier molecular flexibility index (Phi) is 3.28. The van der Waals surface area contributed by atoms with E-state index in [1.165, 1.54) is 12.3 Å². The van der Waals surface area contributed by atoms with Crippen molar-refractivity contribution in [2.45, 2.75) is 18.9 Å². The Morgan fingerprint density at radius 3 is 2.85 bits per heavy atom. The lowest BCUT2D eigenvalue weighted by atomic mass is 10.1. The molecule has 0 aromatic carbocycles. The van der Waals surface area contributed by atoms with Gasteiger partial charge in [-0.25, -0.2) is 4.98 Å². The van der Waals surface area contributed by atoms with Crippen LogP contribution in [0.25, 0.3) is 0 Å². The Labute approximate surface area is 116 Å². The largest absolute Gasteiger partial charge is 0.350 e. The maximum atomic E-state index is 10.7. The number of anilines is 1. The van der Waals surface area contributed by atoms with Crippen molar-refractivity contribution in [3.05, 3.63) is 58.5 Å². The van der Waals surface area contributed by atoms with Crippen LogP contribution in [0.15, 0.2) is 42.9 Å². The summed E-state index contributed by atoms with van der Waals surface area (Å²) in [6.45, 7) is 0.907. The van der Waals surface area contributed by atoms with E-state index in [1.807, 2.05) is 12.3 Å². The smallest absolute Gasteiger partial charge is 0.287 e. The first-order chi connectivity index (χ1) is 9.75. The lowest BCUT2D eigenvalue weighted by Crippen LogP contribution is -2.23. The van der Waals surface area contributed by atoms with E-state index in [0.717, 1.165) is 30.8 Å². The molecule has 2 aromatic heterocycles. The highest BCUT2D eigenvalue weighted by Crippen LogP contribution is 2.34. The number of hydrogen-bond donors (Lipinski definition) is 0. The maximum Gasteiger partial charge on any atom is 0.287 e. The zero-order chi connectivity index (χ0) is 13.9. The SMILES string of the molecule is O=[N+]([O-])c1ccc(N2CCC[C@@H]2c2cccnc2)nc1. The van der Waals surface area contributed by atoms with Crippen LogP contribution in [0, 0.1) is 10.1 Å². The first-order valence-electron chi connectivity index (χ1n) is 6.53. The molecule has 6 nitrogen and oxygen atoms in total. The van der Waals surface area contributed by atoms with Crippen LogP contribution in [0.4, 0.5) is 11.5 Å². The lowest BCUT2D eigenvalue weighted by molar-refractivity contribution is -0.385. The van der Waals surface area contributed by atoms with Gasteiger partial charge >= 0.3 is 0 Å². The molecule has 20 heavy (non-hydrogen) atoms. The molecular formula is C14H14N4O2. The quantitative estimate of drug-likeness (QED) is 0.633. The number of nitro groups is 1. The van der Waals surface area contributed by atoms with Gasteiger partial charge in [0, 0.05) is 25.0 Å². The van der Waals surface area contributed by atoms with E-state index in [2.05, 4.69) is 20.9 Å². The second-order valence-corrected chi connectivity index (χ2v) is 4.77. The van der Waals surface area contributed by atoms with Crippen molar-refractivity contribution in [1.82, 2.24) is 9.97 Å². The highest BCUT2D eigenvalue weighted by atomic mass is 16.6. The molecular weight excluding hydrogens is 256 g/mol. The third kappa shape index (κ3) is 2.32.